The second-order valence-corrected chi connectivity index (χ2v) is 5.92. The third-order valence-electron chi connectivity index (χ3n) is 4.09. The summed E-state index contributed by atoms with van der Waals surface area (Å²) >= 11 is 0. The molecule has 0 bridgehead atoms. The van der Waals surface area contributed by atoms with Gasteiger partial charge in [0.1, 0.15) is 12.4 Å². The Labute approximate surface area is 153 Å². The number of aryl methyl sites for hydroxylation is 2. The van der Waals surface area contributed by atoms with E-state index in [4.69, 9.17) is 9.47 Å². The Morgan fingerprint density at radius 1 is 1.00 bits per heavy atom. The van der Waals surface area contributed by atoms with Crippen LogP contribution < -0.4 is 15.4 Å². The number of esters is 1. The molecule has 0 saturated carbocycles. The molecule has 0 aliphatic carbocycles. The van der Waals surface area contributed by atoms with Crippen molar-refractivity contribution in [2.45, 2.75) is 20.8 Å². The number of anilines is 1. The molecule has 0 atom stereocenters. The van der Waals surface area contributed by atoms with Gasteiger partial charge < -0.3 is 20.1 Å². The molecule has 2 aromatic rings. The molecule has 26 heavy (non-hydrogen) atoms. The second kappa shape index (κ2) is 8.89. The Morgan fingerprint density at radius 3 is 2.42 bits per heavy atom. The lowest BCUT2D eigenvalue weighted by atomic mass is 10.1. The smallest absolute Gasteiger partial charge is 0.339 e. The van der Waals surface area contributed by atoms with Crippen LogP contribution in [0.15, 0.2) is 36.4 Å². The highest BCUT2D eigenvalue weighted by Gasteiger charge is 2.13. The first-order chi connectivity index (χ1) is 12.4. The maximum absolute atomic E-state index is 12.0. The van der Waals surface area contributed by atoms with Crippen molar-refractivity contribution in [3.05, 3.63) is 58.7 Å². The van der Waals surface area contributed by atoms with Crippen molar-refractivity contribution in [2.75, 3.05) is 25.6 Å². The highest BCUT2D eigenvalue weighted by Crippen LogP contribution is 2.25. The van der Waals surface area contributed by atoms with Gasteiger partial charge in [0, 0.05) is 0 Å². The number of hydrogen-bond donors (Lipinski definition) is 2. The maximum atomic E-state index is 12.0. The predicted molar refractivity (Wildman–Crippen MR) is 101 cm³/mol. The Balaban J connectivity index is 1.87. The zero-order chi connectivity index (χ0) is 19.1. The van der Waals surface area contributed by atoms with Gasteiger partial charge in [0.25, 0.3) is 0 Å². The summed E-state index contributed by atoms with van der Waals surface area (Å²) in [6.07, 6.45) is 0. The molecule has 6 heteroatoms. The van der Waals surface area contributed by atoms with Crippen LogP contribution in [0, 0.1) is 20.8 Å². The number of rotatable bonds is 6. The van der Waals surface area contributed by atoms with Crippen LogP contribution in [0.4, 0.5) is 10.5 Å². The average molecular weight is 356 g/mol. The van der Waals surface area contributed by atoms with Gasteiger partial charge in [0.05, 0.1) is 24.9 Å². The Kier molecular flexibility index (Phi) is 6.60. The number of benzene rings is 2. The van der Waals surface area contributed by atoms with Crippen molar-refractivity contribution in [1.29, 1.82) is 0 Å². The van der Waals surface area contributed by atoms with Crippen LogP contribution in [-0.4, -0.2) is 32.3 Å². The van der Waals surface area contributed by atoms with Crippen molar-refractivity contribution in [1.82, 2.24) is 5.32 Å². The van der Waals surface area contributed by atoms with Gasteiger partial charge in [-0.3, -0.25) is 0 Å². The van der Waals surface area contributed by atoms with E-state index in [0.29, 0.717) is 24.4 Å². The highest BCUT2D eigenvalue weighted by atomic mass is 16.5. The summed E-state index contributed by atoms with van der Waals surface area (Å²) in [6, 6.07) is 10.3. The molecule has 0 fully saturated rings. The number of amides is 2. The summed E-state index contributed by atoms with van der Waals surface area (Å²) in [6.45, 7) is 6.72. The number of para-hydroxylation sites is 1. The molecular formula is C20H24N2O4. The SMILES string of the molecule is COC(=O)c1ccccc1NC(=O)NCCOc1c(C)ccc(C)c1C. The van der Waals surface area contributed by atoms with Gasteiger partial charge in [-0.05, 0) is 49.6 Å². The largest absolute Gasteiger partial charge is 0.491 e. The average Bonchev–Trinajstić information content (AvgIpc) is 2.64. The quantitative estimate of drug-likeness (QED) is 0.612. The fourth-order valence-corrected chi connectivity index (χ4v) is 2.51. The molecule has 0 saturated heterocycles. The predicted octanol–water partition coefficient (Wildman–Crippen LogP) is 3.60. The highest BCUT2D eigenvalue weighted by molar-refractivity contribution is 6.00. The van der Waals surface area contributed by atoms with Gasteiger partial charge in [0.2, 0.25) is 0 Å². The molecule has 2 rings (SSSR count). The van der Waals surface area contributed by atoms with Crippen molar-refractivity contribution in [2.24, 2.45) is 0 Å². The first-order valence-corrected chi connectivity index (χ1v) is 8.36. The Bertz CT molecular complexity index is 802. The van der Waals surface area contributed by atoms with E-state index in [-0.39, 0.29) is 0 Å². The lowest BCUT2D eigenvalue weighted by molar-refractivity contribution is 0.0602. The number of carbonyl (C=O) groups excluding carboxylic acids is 2. The number of nitrogens with one attached hydrogen (secondary N) is 2. The summed E-state index contributed by atoms with van der Waals surface area (Å²) in [5.74, 6) is 0.345. The molecule has 0 heterocycles. The van der Waals surface area contributed by atoms with Gasteiger partial charge in [-0.25, -0.2) is 9.59 Å². The van der Waals surface area contributed by atoms with E-state index in [1.165, 1.54) is 7.11 Å². The van der Waals surface area contributed by atoms with Crippen LogP contribution in [0.2, 0.25) is 0 Å². The van der Waals surface area contributed by atoms with E-state index >= 15 is 0 Å². The van der Waals surface area contributed by atoms with Gasteiger partial charge in [0.15, 0.2) is 0 Å². The summed E-state index contributed by atoms with van der Waals surface area (Å²) in [4.78, 5) is 23.8. The minimum Gasteiger partial charge on any atom is -0.491 e. The topological polar surface area (TPSA) is 76.7 Å². The fraction of sp³-hybridized carbons (Fsp3) is 0.300. The summed E-state index contributed by atoms with van der Waals surface area (Å²) in [5.41, 5.74) is 4.01. The fourth-order valence-electron chi connectivity index (χ4n) is 2.51. The number of ether oxygens (including phenoxy) is 2. The number of urea groups is 1. The molecule has 2 N–H and O–H groups in total. The molecule has 2 amide bonds. The van der Waals surface area contributed by atoms with Crippen LogP contribution in [0.3, 0.4) is 0 Å². The molecule has 0 aliphatic heterocycles. The first-order valence-electron chi connectivity index (χ1n) is 8.36. The van der Waals surface area contributed by atoms with E-state index in [2.05, 4.69) is 16.7 Å². The third-order valence-corrected chi connectivity index (χ3v) is 4.09. The second-order valence-electron chi connectivity index (χ2n) is 5.92. The van der Waals surface area contributed by atoms with E-state index < -0.39 is 12.0 Å². The van der Waals surface area contributed by atoms with Crippen LogP contribution in [0.5, 0.6) is 5.75 Å². The minimum atomic E-state index is -0.505. The van der Waals surface area contributed by atoms with Gasteiger partial charge in [-0.2, -0.15) is 0 Å². The van der Waals surface area contributed by atoms with Crippen molar-refractivity contribution in [3.8, 4) is 5.75 Å². The number of methoxy groups -OCH3 is 1. The molecule has 0 spiro atoms. The standard InChI is InChI=1S/C20H24N2O4/c1-13-9-10-14(2)18(15(13)3)26-12-11-21-20(24)22-17-8-6-5-7-16(17)19(23)25-4/h5-10H,11-12H2,1-4H3,(H2,21,22,24). The molecule has 0 aromatic heterocycles. The molecule has 2 aromatic carbocycles. The normalized spacial score (nSPS) is 10.2. The van der Waals surface area contributed by atoms with E-state index in [0.717, 1.165) is 22.4 Å². The molecular weight excluding hydrogens is 332 g/mol. The van der Waals surface area contributed by atoms with Crippen molar-refractivity contribution >= 4 is 17.7 Å². The van der Waals surface area contributed by atoms with Gasteiger partial charge >= 0.3 is 12.0 Å². The van der Waals surface area contributed by atoms with Crippen LogP contribution >= 0.6 is 0 Å². The molecule has 0 unspecified atom stereocenters. The zero-order valence-corrected chi connectivity index (χ0v) is 15.5. The third kappa shape index (κ3) is 4.75. The molecule has 138 valence electrons. The van der Waals surface area contributed by atoms with E-state index in [1.807, 2.05) is 26.8 Å². The lowest BCUT2D eigenvalue weighted by Gasteiger charge is -2.15. The summed E-state index contributed by atoms with van der Waals surface area (Å²) in [7, 11) is 1.30. The monoisotopic (exact) mass is 356 g/mol. The molecule has 0 aliphatic rings. The molecule has 0 radical (unpaired) electrons. The zero-order valence-electron chi connectivity index (χ0n) is 15.5. The summed E-state index contributed by atoms with van der Waals surface area (Å²) in [5, 5.41) is 5.36. The van der Waals surface area contributed by atoms with Gasteiger partial charge in [-0.15, -0.1) is 0 Å². The van der Waals surface area contributed by atoms with Crippen molar-refractivity contribution in [3.63, 3.8) is 0 Å². The van der Waals surface area contributed by atoms with Crippen LogP contribution in [-0.2, 0) is 4.74 Å². The van der Waals surface area contributed by atoms with Crippen LogP contribution in [0.25, 0.3) is 0 Å². The first kappa shape index (κ1) is 19.3. The Morgan fingerprint density at radius 2 is 1.69 bits per heavy atom. The Hall–Kier alpha value is -3.02. The maximum Gasteiger partial charge on any atom is 0.339 e. The van der Waals surface area contributed by atoms with Gasteiger partial charge in [-0.1, -0.05) is 24.3 Å². The molecule has 6 nitrogen and oxygen atoms in total. The minimum absolute atomic E-state index is 0.299. The number of carbonyl (C=O) groups is 2. The number of hydrogen-bond acceptors (Lipinski definition) is 4. The van der Waals surface area contributed by atoms with E-state index in [1.54, 1.807) is 24.3 Å². The van der Waals surface area contributed by atoms with Crippen molar-refractivity contribution < 1.29 is 19.1 Å². The lowest BCUT2D eigenvalue weighted by Crippen LogP contribution is -2.32. The summed E-state index contributed by atoms with van der Waals surface area (Å²) < 4.78 is 10.5. The van der Waals surface area contributed by atoms with E-state index in [9.17, 15) is 9.59 Å². The van der Waals surface area contributed by atoms with Crippen LogP contribution in [0.1, 0.15) is 27.0 Å².